The van der Waals surface area contributed by atoms with Crippen LogP contribution in [0, 0.1) is 0 Å². The minimum atomic E-state index is -0.0344. The van der Waals surface area contributed by atoms with Gasteiger partial charge in [0, 0.05) is 11.4 Å². The van der Waals surface area contributed by atoms with Gasteiger partial charge in [-0.05, 0) is 12.1 Å². The van der Waals surface area contributed by atoms with E-state index in [0.29, 0.717) is 11.8 Å². The van der Waals surface area contributed by atoms with Gasteiger partial charge in [-0.15, -0.1) is 5.53 Å². The standard InChI is InChI=1S/C12H13BrN4O2/c1-19-7-2-3-8-10(4-7)17-11(5-12(18)14-8)9(6-13)15-16-17/h2-4,15-16H,5-6H2,1H3,(H,14,18). The van der Waals surface area contributed by atoms with E-state index in [2.05, 4.69) is 32.2 Å². The number of carbonyl (C=O) groups is 1. The number of methoxy groups -OCH3 is 1. The van der Waals surface area contributed by atoms with Crippen LogP contribution < -0.4 is 26.0 Å². The normalized spacial score (nSPS) is 17.4. The van der Waals surface area contributed by atoms with E-state index in [0.717, 1.165) is 28.5 Å². The Morgan fingerprint density at radius 3 is 3.05 bits per heavy atom. The largest absolute Gasteiger partial charge is 0.497 e. The Hall–Kier alpha value is -1.73. The summed E-state index contributed by atoms with van der Waals surface area (Å²) in [6, 6.07) is 5.54. The second-order valence-corrected chi connectivity index (χ2v) is 4.80. The van der Waals surface area contributed by atoms with Crippen LogP contribution in [0.15, 0.2) is 29.6 Å². The minimum Gasteiger partial charge on any atom is -0.497 e. The fourth-order valence-electron chi connectivity index (χ4n) is 2.18. The van der Waals surface area contributed by atoms with E-state index in [-0.39, 0.29) is 5.91 Å². The first kappa shape index (κ1) is 12.3. The van der Waals surface area contributed by atoms with Crippen molar-refractivity contribution in [2.24, 2.45) is 0 Å². The molecule has 6 nitrogen and oxygen atoms in total. The number of benzene rings is 1. The van der Waals surface area contributed by atoms with E-state index < -0.39 is 0 Å². The van der Waals surface area contributed by atoms with Gasteiger partial charge in [-0.1, -0.05) is 15.9 Å². The maximum absolute atomic E-state index is 11.9. The summed E-state index contributed by atoms with van der Waals surface area (Å²) in [5.74, 6) is 0.705. The Labute approximate surface area is 118 Å². The number of amides is 1. The number of nitrogens with one attached hydrogen (secondary N) is 3. The average Bonchev–Trinajstić information content (AvgIpc) is 2.75. The smallest absolute Gasteiger partial charge is 0.230 e. The Kier molecular flexibility index (Phi) is 3.08. The molecule has 0 bridgehead atoms. The molecule has 0 saturated heterocycles. The van der Waals surface area contributed by atoms with Crippen molar-refractivity contribution in [2.75, 3.05) is 22.8 Å². The van der Waals surface area contributed by atoms with Gasteiger partial charge in [0.1, 0.15) is 5.75 Å². The molecule has 0 fully saturated rings. The zero-order valence-electron chi connectivity index (χ0n) is 10.3. The van der Waals surface area contributed by atoms with Crippen LogP contribution in [-0.2, 0) is 4.79 Å². The van der Waals surface area contributed by atoms with Crippen molar-refractivity contribution >= 4 is 33.2 Å². The minimum absolute atomic E-state index is 0.0344. The predicted octanol–water partition coefficient (Wildman–Crippen LogP) is 1.47. The van der Waals surface area contributed by atoms with E-state index in [4.69, 9.17) is 4.74 Å². The van der Waals surface area contributed by atoms with Gasteiger partial charge in [-0.2, -0.15) is 0 Å². The fourth-order valence-corrected chi connectivity index (χ4v) is 2.64. The molecule has 0 aromatic heterocycles. The van der Waals surface area contributed by atoms with Crippen LogP contribution in [0.4, 0.5) is 11.4 Å². The molecule has 1 aromatic carbocycles. The topological polar surface area (TPSA) is 65.6 Å². The number of alkyl halides is 1. The molecular formula is C12H13BrN4O2. The van der Waals surface area contributed by atoms with Crippen LogP contribution in [0.3, 0.4) is 0 Å². The van der Waals surface area contributed by atoms with Gasteiger partial charge in [0.15, 0.2) is 0 Å². The second-order valence-electron chi connectivity index (χ2n) is 4.24. The average molecular weight is 325 g/mol. The number of hydrazine groups is 2. The van der Waals surface area contributed by atoms with Crippen molar-refractivity contribution in [3.63, 3.8) is 0 Å². The number of ether oxygens (including phenoxy) is 1. The van der Waals surface area contributed by atoms with E-state index in [1.54, 1.807) is 7.11 Å². The molecule has 0 radical (unpaired) electrons. The van der Waals surface area contributed by atoms with E-state index in [1.165, 1.54) is 0 Å². The van der Waals surface area contributed by atoms with Gasteiger partial charge >= 0.3 is 0 Å². The van der Waals surface area contributed by atoms with Crippen LogP contribution >= 0.6 is 15.9 Å². The summed E-state index contributed by atoms with van der Waals surface area (Å²) in [6.45, 7) is 0. The highest BCUT2D eigenvalue weighted by molar-refractivity contribution is 9.09. The predicted molar refractivity (Wildman–Crippen MR) is 75.8 cm³/mol. The summed E-state index contributed by atoms with van der Waals surface area (Å²) < 4.78 is 5.24. The quantitative estimate of drug-likeness (QED) is 0.719. The third-order valence-electron chi connectivity index (χ3n) is 3.12. The van der Waals surface area contributed by atoms with Crippen LogP contribution in [0.2, 0.25) is 0 Å². The number of allylic oxidation sites excluding steroid dienone is 1. The molecule has 100 valence electrons. The number of anilines is 2. The lowest BCUT2D eigenvalue weighted by Crippen LogP contribution is -2.38. The van der Waals surface area contributed by atoms with E-state index in [1.807, 2.05) is 23.2 Å². The Morgan fingerprint density at radius 2 is 2.32 bits per heavy atom. The first-order chi connectivity index (χ1) is 9.22. The van der Waals surface area contributed by atoms with Crippen molar-refractivity contribution in [3.8, 4) is 5.75 Å². The van der Waals surface area contributed by atoms with Gasteiger partial charge in [-0.25, -0.2) is 0 Å². The van der Waals surface area contributed by atoms with Crippen LogP contribution in [-0.4, -0.2) is 18.3 Å². The van der Waals surface area contributed by atoms with E-state index >= 15 is 0 Å². The summed E-state index contributed by atoms with van der Waals surface area (Å²) >= 11 is 3.41. The SMILES string of the molecule is COc1ccc2c(c1)N1NNC(CBr)=C1CC(=O)N2. The third kappa shape index (κ3) is 2.04. The molecule has 2 aliphatic heterocycles. The lowest BCUT2D eigenvalue weighted by Gasteiger charge is -2.20. The Morgan fingerprint density at radius 1 is 1.47 bits per heavy atom. The van der Waals surface area contributed by atoms with Gasteiger partial charge in [0.2, 0.25) is 5.91 Å². The first-order valence-corrected chi connectivity index (χ1v) is 6.92. The monoisotopic (exact) mass is 324 g/mol. The molecule has 0 aliphatic carbocycles. The van der Waals surface area contributed by atoms with Crippen molar-refractivity contribution in [3.05, 3.63) is 29.6 Å². The molecule has 0 unspecified atom stereocenters. The highest BCUT2D eigenvalue weighted by atomic mass is 79.9. The number of hydrogen-bond acceptors (Lipinski definition) is 5. The molecule has 2 heterocycles. The zero-order chi connectivity index (χ0) is 13.4. The molecule has 2 aliphatic rings. The highest BCUT2D eigenvalue weighted by Gasteiger charge is 2.30. The lowest BCUT2D eigenvalue weighted by molar-refractivity contribution is -0.115. The molecule has 0 saturated carbocycles. The van der Waals surface area contributed by atoms with Gasteiger partial charge in [0.05, 0.1) is 36.3 Å². The number of hydrogen-bond donors (Lipinski definition) is 3. The number of rotatable bonds is 2. The molecule has 1 amide bonds. The summed E-state index contributed by atoms with van der Waals surface area (Å²) in [4.78, 5) is 11.9. The molecule has 3 rings (SSSR count). The summed E-state index contributed by atoms with van der Waals surface area (Å²) in [7, 11) is 1.62. The van der Waals surface area contributed by atoms with E-state index in [9.17, 15) is 4.79 Å². The van der Waals surface area contributed by atoms with Gasteiger partial charge in [-0.3, -0.25) is 9.80 Å². The van der Waals surface area contributed by atoms with Crippen LogP contribution in [0.1, 0.15) is 6.42 Å². The number of fused-ring (bicyclic) bond motifs is 3. The maximum atomic E-state index is 11.9. The molecule has 3 N–H and O–H groups in total. The number of carbonyl (C=O) groups excluding carboxylic acids is 1. The fraction of sp³-hybridized carbons (Fsp3) is 0.250. The molecule has 7 heteroatoms. The molecule has 19 heavy (non-hydrogen) atoms. The molecule has 1 aromatic rings. The Balaban J connectivity index is 2.12. The molecule has 0 atom stereocenters. The van der Waals surface area contributed by atoms with Gasteiger partial charge in [0.25, 0.3) is 0 Å². The maximum Gasteiger partial charge on any atom is 0.230 e. The van der Waals surface area contributed by atoms with Crippen LogP contribution in [0.5, 0.6) is 5.75 Å². The van der Waals surface area contributed by atoms with Crippen LogP contribution in [0.25, 0.3) is 0 Å². The zero-order valence-corrected chi connectivity index (χ0v) is 11.9. The van der Waals surface area contributed by atoms with Crippen molar-refractivity contribution < 1.29 is 9.53 Å². The Bertz CT molecular complexity index is 573. The van der Waals surface area contributed by atoms with Crippen molar-refractivity contribution in [2.45, 2.75) is 6.42 Å². The third-order valence-corrected chi connectivity index (χ3v) is 3.68. The highest BCUT2D eigenvalue weighted by Crippen LogP contribution is 2.36. The molecule has 0 spiro atoms. The van der Waals surface area contributed by atoms with Gasteiger partial charge < -0.3 is 15.5 Å². The second kappa shape index (κ2) is 4.75. The van der Waals surface area contributed by atoms with Crippen molar-refractivity contribution in [1.29, 1.82) is 0 Å². The molecular weight excluding hydrogens is 312 g/mol. The summed E-state index contributed by atoms with van der Waals surface area (Å²) in [5.41, 5.74) is 9.58. The summed E-state index contributed by atoms with van der Waals surface area (Å²) in [5, 5.41) is 5.41. The summed E-state index contributed by atoms with van der Waals surface area (Å²) in [6.07, 6.45) is 0.317. The van der Waals surface area contributed by atoms with Crippen molar-refractivity contribution in [1.82, 2.24) is 11.0 Å². The lowest BCUT2D eigenvalue weighted by atomic mass is 10.2. The first-order valence-electron chi connectivity index (χ1n) is 5.80. The number of nitrogens with zero attached hydrogens (tertiary/aromatic N) is 1. The number of halogens is 1.